The van der Waals surface area contributed by atoms with Crippen LogP contribution in [0.15, 0.2) is 18.2 Å². The third-order valence-electron chi connectivity index (χ3n) is 4.05. The van der Waals surface area contributed by atoms with Gasteiger partial charge in [0.05, 0.1) is 6.07 Å². The SMILES string of the molecule is N#CC1(C(=O)NCCc2ccc(Cl)cc2Cl)CCCCC1. The lowest BCUT2D eigenvalue weighted by Gasteiger charge is -2.29. The van der Waals surface area contributed by atoms with Crippen LogP contribution < -0.4 is 5.32 Å². The first-order valence-corrected chi connectivity index (χ1v) is 7.96. The van der Waals surface area contributed by atoms with Gasteiger partial charge >= 0.3 is 0 Å². The van der Waals surface area contributed by atoms with Crippen LogP contribution in [-0.4, -0.2) is 12.5 Å². The van der Waals surface area contributed by atoms with E-state index in [9.17, 15) is 10.1 Å². The zero-order valence-electron chi connectivity index (χ0n) is 11.8. The lowest BCUT2D eigenvalue weighted by atomic mass is 9.74. The number of nitriles is 1. The third-order valence-corrected chi connectivity index (χ3v) is 4.64. The van der Waals surface area contributed by atoms with Gasteiger partial charge < -0.3 is 5.32 Å². The van der Waals surface area contributed by atoms with Crippen molar-refractivity contribution in [3.05, 3.63) is 33.8 Å². The van der Waals surface area contributed by atoms with E-state index in [0.29, 0.717) is 35.9 Å². The Hall–Kier alpha value is -1.24. The van der Waals surface area contributed by atoms with Gasteiger partial charge in [0, 0.05) is 16.6 Å². The van der Waals surface area contributed by atoms with E-state index < -0.39 is 5.41 Å². The van der Waals surface area contributed by atoms with Gasteiger partial charge in [-0.25, -0.2) is 0 Å². The van der Waals surface area contributed by atoms with E-state index >= 15 is 0 Å². The van der Waals surface area contributed by atoms with E-state index in [1.807, 2.05) is 6.07 Å². The first-order chi connectivity index (χ1) is 10.1. The molecule has 1 saturated carbocycles. The molecule has 112 valence electrons. The van der Waals surface area contributed by atoms with E-state index in [4.69, 9.17) is 23.2 Å². The van der Waals surface area contributed by atoms with Crippen LogP contribution in [0.25, 0.3) is 0 Å². The molecular formula is C16H18Cl2N2O. The van der Waals surface area contributed by atoms with Crippen molar-refractivity contribution in [3.63, 3.8) is 0 Å². The summed E-state index contributed by atoms with van der Waals surface area (Å²) in [5.41, 5.74) is 0.109. The van der Waals surface area contributed by atoms with Crippen LogP contribution >= 0.6 is 23.2 Å². The molecule has 1 aliphatic rings. The molecule has 5 heteroatoms. The highest BCUT2D eigenvalue weighted by Gasteiger charge is 2.39. The summed E-state index contributed by atoms with van der Waals surface area (Å²) < 4.78 is 0. The summed E-state index contributed by atoms with van der Waals surface area (Å²) in [6.07, 6.45) is 4.96. The van der Waals surface area contributed by atoms with Crippen LogP contribution in [0.4, 0.5) is 0 Å². The second kappa shape index (κ2) is 7.15. The van der Waals surface area contributed by atoms with Gasteiger partial charge in [-0.15, -0.1) is 0 Å². The predicted molar refractivity (Wildman–Crippen MR) is 84.3 cm³/mol. The van der Waals surface area contributed by atoms with Crippen molar-refractivity contribution < 1.29 is 4.79 Å². The molecular weight excluding hydrogens is 307 g/mol. The highest BCUT2D eigenvalue weighted by molar-refractivity contribution is 6.35. The Bertz CT molecular complexity index is 560. The summed E-state index contributed by atoms with van der Waals surface area (Å²) in [6, 6.07) is 7.56. The average Bonchev–Trinajstić information content (AvgIpc) is 2.50. The topological polar surface area (TPSA) is 52.9 Å². The predicted octanol–water partition coefficient (Wildman–Crippen LogP) is 4.13. The average molecular weight is 325 g/mol. The monoisotopic (exact) mass is 324 g/mol. The molecule has 0 bridgehead atoms. The maximum absolute atomic E-state index is 12.3. The number of carbonyl (C=O) groups is 1. The molecule has 0 unspecified atom stereocenters. The molecule has 1 N–H and O–H groups in total. The van der Waals surface area contributed by atoms with Gasteiger partial charge in [0.2, 0.25) is 5.91 Å². The van der Waals surface area contributed by atoms with E-state index in [1.54, 1.807) is 12.1 Å². The standard InChI is InChI=1S/C16H18Cl2N2O/c17-13-5-4-12(14(18)10-13)6-9-20-15(21)16(11-19)7-2-1-3-8-16/h4-5,10H,1-3,6-9H2,(H,20,21). The van der Waals surface area contributed by atoms with Crippen LogP contribution in [0, 0.1) is 16.7 Å². The number of nitrogens with zero attached hydrogens (tertiary/aromatic N) is 1. The van der Waals surface area contributed by atoms with Crippen LogP contribution in [0.1, 0.15) is 37.7 Å². The fourth-order valence-corrected chi connectivity index (χ4v) is 3.25. The zero-order chi connectivity index (χ0) is 15.3. The molecule has 3 nitrogen and oxygen atoms in total. The molecule has 21 heavy (non-hydrogen) atoms. The van der Waals surface area contributed by atoms with Crippen molar-refractivity contribution in [1.29, 1.82) is 5.26 Å². The summed E-state index contributed by atoms with van der Waals surface area (Å²) in [7, 11) is 0. The Morgan fingerprint density at radius 2 is 2.00 bits per heavy atom. The number of benzene rings is 1. The van der Waals surface area contributed by atoms with Crippen molar-refractivity contribution >= 4 is 29.1 Å². The van der Waals surface area contributed by atoms with Crippen LogP contribution in [-0.2, 0) is 11.2 Å². The highest BCUT2D eigenvalue weighted by atomic mass is 35.5. The maximum Gasteiger partial charge on any atom is 0.240 e. The minimum atomic E-state index is -0.831. The number of hydrogen-bond acceptors (Lipinski definition) is 2. The summed E-state index contributed by atoms with van der Waals surface area (Å²) in [4.78, 5) is 12.3. The molecule has 1 fully saturated rings. The molecule has 1 aromatic rings. The van der Waals surface area contributed by atoms with Gasteiger partial charge in [0.25, 0.3) is 0 Å². The van der Waals surface area contributed by atoms with E-state index in [-0.39, 0.29) is 5.91 Å². The van der Waals surface area contributed by atoms with Crippen LogP contribution in [0.3, 0.4) is 0 Å². The summed E-state index contributed by atoms with van der Waals surface area (Å²) in [5.74, 6) is -0.144. The maximum atomic E-state index is 12.3. The van der Waals surface area contributed by atoms with Gasteiger partial charge in [0.1, 0.15) is 5.41 Å². The van der Waals surface area contributed by atoms with Crippen molar-refractivity contribution in [2.24, 2.45) is 5.41 Å². The number of halogens is 2. The molecule has 0 heterocycles. The number of rotatable bonds is 4. The van der Waals surface area contributed by atoms with Crippen LogP contribution in [0.5, 0.6) is 0 Å². The first kappa shape index (κ1) is 16.1. The molecule has 0 atom stereocenters. The lowest BCUT2D eigenvalue weighted by Crippen LogP contribution is -2.42. The minimum absolute atomic E-state index is 0.144. The summed E-state index contributed by atoms with van der Waals surface area (Å²) in [5, 5.41) is 13.4. The summed E-state index contributed by atoms with van der Waals surface area (Å²) >= 11 is 11.9. The fraction of sp³-hybridized carbons (Fsp3) is 0.500. The largest absolute Gasteiger partial charge is 0.354 e. The Morgan fingerprint density at radius 1 is 1.29 bits per heavy atom. The second-order valence-corrected chi connectivity index (χ2v) is 6.34. The lowest BCUT2D eigenvalue weighted by molar-refractivity contribution is -0.129. The van der Waals surface area contributed by atoms with Gasteiger partial charge in [-0.05, 0) is 37.0 Å². The van der Waals surface area contributed by atoms with Gasteiger partial charge in [-0.2, -0.15) is 5.26 Å². The van der Waals surface area contributed by atoms with E-state index in [2.05, 4.69) is 11.4 Å². The fourth-order valence-electron chi connectivity index (χ4n) is 2.75. The molecule has 0 radical (unpaired) electrons. The van der Waals surface area contributed by atoms with Gasteiger partial charge in [0.15, 0.2) is 0 Å². The minimum Gasteiger partial charge on any atom is -0.354 e. The molecule has 0 aliphatic heterocycles. The molecule has 1 aromatic carbocycles. The van der Waals surface area contributed by atoms with Crippen molar-refractivity contribution in [1.82, 2.24) is 5.32 Å². The van der Waals surface area contributed by atoms with E-state index in [1.165, 1.54) is 0 Å². The molecule has 1 amide bonds. The smallest absolute Gasteiger partial charge is 0.240 e. The second-order valence-electron chi connectivity index (χ2n) is 5.50. The van der Waals surface area contributed by atoms with Crippen molar-refractivity contribution in [2.75, 3.05) is 6.54 Å². The van der Waals surface area contributed by atoms with Gasteiger partial charge in [-0.1, -0.05) is 48.5 Å². The molecule has 0 aromatic heterocycles. The highest BCUT2D eigenvalue weighted by Crippen LogP contribution is 2.35. The quantitative estimate of drug-likeness (QED) is 0.905. The normalized spacial score (nSPS) is 17.0. The Kier molecular flexibility index (Phi) is 5.50. The molecule has 2 rings (SSSR count). The van der Waals surface area contributed by atoms with Crippen molar-refractivity contribution in [2.45, 2.75) is 38.5 Å². The summed E-state index contributed by atoms with van der Waals surface area (Å²) in [6.45, 7) is 0.476. The zero-order valence-corrected chi connectivity index (χ0v) is 13.3. The molecule has 0 saturated heterocycles. The number of nitrogens with one attached hydrogen (secondary N) is 1. The van der Waals surface area contributed by atoms with E-state index in [0.717, 1.165) is 24.8 Å². The Labute approximate surface area is 135 Å². The Balaban J connectivity index is 1.90. The van der Waals surface area contributed by atoms with Gasteiger partial charge in [-0.3, -0.25) is 4.79 Å². The molecule has 0 spiro atoms. The number of hydrogen-bond donors (Lipinski definition) is 1. The number of carbonyl (C=O) groups excluding carboxylic acids is 1. The third kappa shape index (κ3) is 3.90. The Morgan fingerprint density at radius 3 is 2.62 bits per heavy atom. The first-order valence-electron chi connectivity index (χ1n) is 7.21. The van der Waals surface area contributed by atoms with Crippen LogP contribution in [0.2, 0.25) is 10.0 Å². The van der Waals surface area contributed by atoms with Crippen molar-refractivity contribution in [3.8, 4) is 6.07 Å². The number of amides is 1. The molecule has 1 aliphatic carbocycles.